The summed E-state index contributed by atoms with van der Waals surface area (Å²) in [5.74, 6) is 0.792. The maximum atomic E-state index is 13.0. The van der Waals surface area contributed by atoms with Crippen LogP contribution in [-0.4, -0.2) is 17.4 Å². The Balaban J connectivity index is 1.75. The first-order valence-electron chi connectivity index (χ1n) is 9.60. The molecule has 0 bridgehead atoms. The van der Waals surface area contributed by atoms with Gasteiger partial charge in [-0.05, 0) is 48.6 Å². The highest BCUT2D eigenvalue weighted by Gasteiger charge is 2.17. The van der Waals surface area contributed by atoms with Gasteiger partial charge in [-0.25, -0.2) is 0 Å². The van der Waals surface area contributed by atoms with E-state index in [9.17, 15) is 4.79 Å². The van der Waals surface area contributed by atoms with E-state index in [1.807, 2.05) is 85.5 Å². The average molecular weight is 373 g/mol. The number of rotatable bonds is 7. The first-order valence-corrected chi connectivity index (χ1v) is 9.60. The van der Waals surface area contributed by atoms with Crippen LogP contribution in [0.25, 0.3) is 0 Å². The molecule has 0 spiro atoms. The van der Waals surface area contributed by atoms with Crippen molar-refractivity contribution in [2.45, 2.75) is 33.9 Å². The Kier molecular flexibility index (Phi) is 6.49. The molecule has 144 valence electrons. The molecule has 28 heavy (non-hydrogen) atoms. The summed E-state index contributed by atoms with van der Waals surface area (Å²) in [5.41, 5.74) is 5.52. The van der Waals surface area contributed by atoms with Gasteiger partial charge in [0.25, 0.3) is 5.91 Å². The predicted octanol–water partition coefficient (Wildman–Crippen LogP) is 5.22. The van der Waals surface area contributed by atoms with Gasteiger partial charge in [-0.1, -0.05) is 72.8 Å². The van der Waals surface area contributed by atoms with Crippen molar-refractivity contribution >= 4 is 5.91 Å². The summed E-state index contributed by atoms with van der Waals surface area (Å²) in [6.45, 7) is 7.25. The minimum atomic E-state index is -0.0204. The van der Waals surface area contributed by atoms with Crippen LogP contribution < -0.4 is 4.74 Å². The zero-order chi connectivity index (χ0) is 19.9. The molecule has 0 atom stereocenters. The van der Waals surface area contributed by atoms with Crippen molar-refractivity contribution in [3.8, 4) is 5.75 Å². The third-order valence-corrected chi connectivity index (χ3v) is 5.00. The molecule has 0 heterocycles. The highest BCUT2D eigenvalue weighted by Crippen LogP contribution is 2.25. The summed E-state index contributed by atoms with van der Waals surface area (Å²) in [6, 6.07) is 24.2. The Hall–Kier alpha value is -3.07. The lowest BCUT2D eigenvalue weighted by Crippen LogP contribution is -2.34. The topological polar surface area (TPSA) is 29.5 Å². The van der Waals surface area contributed by atoms with Crippen LogP contribution in [-0.2, 0) is 17.9 Å². The molecule has 0 aliphatic heterocycles. The Morgan fingerprint density at radius 2 is 1.25 bits per heavy atom. The molecule has 0 N–H and O–H groups in total. The fourth-order valence-corrected chi connectivity index (χ4v) is 3.21. The molecule has 0 unspecified atom stereocenters. The van der Waals surface area contributed by atoms with Crippen molar-refractivity contribution < 1.29 is 9.53 Å². The molecular formula is C25H27NO2. The maximum Gasteiger partial charge on any atom is 0.261 e. The van der Waals surface area contributed by atoms with E-state index >= 15 is 0 Å². The minimum Gasteiger partial charge on any atom is -0.483 e. The molecule has 3 rings (SSSR count). The summed E-state index contributed by atoms with van der Waals surface area (Å²) < 4.78 is 5.98. The Bertz CT molecular complexity index is 879. The van der Waals surface area contributed by atoms with Crippen LogP contribution in [0.1, 0.15) is 27.8 Å². The lowest BCUT2D eigenvalue weighted by atomic mass is 10.1. The highest BCUT2D eigenvalue weighted by atomic mass is 16.5. The molecule has 3 heteroatoms. The molecule has 0 saturated carbocycles. The molecule has 0 saturated heterocycles. The van der Waals surface area contributed by atoms with Gasteiger partial charge in [0, 0.05) is 13.1 Å². The van der Waals surface area contributed by atoms with E-state index < -0.39 is 0 Å². The van der Waals surface area contributed by atoms with Gasteiger partial charge >= 0.3 is 0 Å². The highest BCUT2D eigenvalue weighted by molar-refractivity contribution is 5.78. The number of amides is 1. The SMILES string of the molecule is Cc1ccc(C)c(OCC(=O)N(Cc2ccccc2)Cc2ccccc2)c1C. The van der Waals surface area contributed by atoms with E-state index in [1.165, 1.54) is 5.56 Å². The number of hydrogen-bond donors (Lipinski definition) is 0. The standard InChI is InChI=1S/C25H27NO2/c1-19-14-15-20(2)25(21(19)3)28-18-24(27)26(16-22-10-6-4-7-11-22)17-23-12-8-5-9-13-23/h4-15H,16-18H2,1-3H3. The fourth-order valence-electron chi connectivity index (χ4n) is 3.21. The van der Waals surface area contributed by atoms with Gasteiger partial charge in [0.15, 0.2) is 6.61 Å². The maximum absolute atomic E-state index is 13.0. The zero-order valence-corrected chi connectivity index (χ0v) is 16.8. The monoisotopic (exact) mass is 373 g/mol. The van der Waals surface area contributed by atoms with E-state index in [-0.39, 0.29) is 12.5 Å². The molecule has 0 fully saturated rings. The van der Waals surface area contributed by atoms with Crippen molar-refractivity contribution in [1.29, 1.82) is 0 Å². The second-order valence-corrected chi connectivity index (χ2v) is 7.16. The van der Waals surface area contributed by atoms with Crippen molar-refractivity contribution in [3.05, 3.63) is 101 Å². The molecule has 1 amide bonds. The molecule has 0 aromatic heterocycles. The Morgan fingerprint density at radius 1 is 0.750 bits per heavy atom. The largest absolute Gasteiger partial charge is 0.483 e. The number of benzene rings is 3. The molecule has 0 aliphatic rings. The molecule has 3 aromatic rings. The van der Waals surface area contributed by atoms with E-state index in [0.717, 1.165) is 28.0 Å². The summed E-state index contributed by atoms with van der Waals surface area (Å²) in [4.78, 5) is 14.9. The number of carbonyl (C=O) groups is 1. The Labute approximate surface area is 167 Å². The summed E-state index contributed by atoms with van der Waals surface area (Å²) >= 11 is 0. The molecular weight excluding hydrogens is 346 g/mol. The van der Waals surface area contributed by atoms with Crippen molar-refractivity contribution in [3.63, 3.8) is 0 Å². The van der Waals surface area contributed by atoms with Crippen molar-refractivity contribution in [1.82, 2.24) is 4.90 Å². The van der Waals surface area contributed by atoms with Gasteiger partial charge in [0.1, 0.15) is 5.75 Å². The molecule has 3 aromatic carbocycles. The van der Waals surface area contributed by atoms with Crippen LogP contribution in [0, 0.1) is 20.8 Å². The van der Waals surface area contributed by atoms with Gasteiger partial charge in [0.05, 0.1) is 0 Å². The quantitative estimate of drug-likeness (QED) is 0.568. The van der Waals surface area contributed by atoms with Gasteiger partial charge in [-0.3, -0.25) is 4.79 Å². The smallest absolute Gasteiger partial charge is 0.261 e. The summed E-state index contributed by atoms with van der Waals surface area (Å²) in [5, 5.41) is 0. The lowest BCUT2D eigenvalue weighted by Gasteiger charge is -2.24. The lowest BCUT2D eigenvalue weighted by molar-refractivity contribution is -0.134. The van der Waals surface area contributed by atoms with Gasteiger partial charge in [-0.2, -0.15) is 0 Å². The van der Waals surface area contributed by atoms with Gasteiger partial charge < -0.3 is 9.64 Å². The van der Waals surface area contributed by atoms with Crippen LogP contribution in [0.2, 0.25) is 0 Å². The van der Waals surface area contributed by atoms with E-state index in [4.69, 9.17) is 4.74 Å². The number of nitrogens with zero attached hydrogens (tertiary/aromatic N) is 1. The fraction of sp³-hybridized carbons (Fsp3) is 0.240. The second kappa shape index (κ2) is 9.23. The van der Waals surface area contributed by atoms with Gasteiger partial charge in [-0.15, -0.1) is 0 Å². The first kappa shape index (κ1) is 19.7. The van der Waals surface area contributed by atoms with Crippen LogP contribution in [0.4, 0.5) is 0 Å². The van der Waals surface area contributed by atoms with Crippen LogP contribution in [0.15, 0.2) is 72.8 Å². The third kappa shape index (κ3) is 5.01. The number of carbonyl (C=O) groups excluding carboxylic acids is 1. The van der Waals surface area contributed by atoms with Crippen LogP contribution >= 0.6 is 0 Å². The first-order chi connectivity index (χ1) is 13.5. The second-order valence-electron chi connectivity index (χ2n) is 7.16. The minimum absolute atomic E-state index is 0.0204. The van der Waals surface area contributed by atoms with E-state index in [0.29, 0.717) is 13.1 Å². The third-order valence-electron chi connectivity index (χ3n) is 5.00. The molecule has 0 aliphatic carbocycles. The normalized spacial score (nSPS) is 10.5. The number of hydrogen-bond acceptors (Lipinski definition) is 2. The average Bonchev–Trinajstić information content (AvgIpc) is 2.72. The molecule has 3 nitrogen and oxygen atoms in total. The molecule has 0 radical (unpaired) electrons. The van der Waals surface area contributed by atoms with Crippen molar-refractivity contribution in [2.75, 3.05) is 6.61 Å². The summed E-state index contributed by atoms with van der Waals surface area (Å²) in [6.07, 6.45) is 0. The predicted molar refractivity (Wildman–Crippen MR) is 113 cm³/mol. The van der Waals surface area contributed by atoms with E-state index in [2.05, 4.69) is 13.0 Å². The van der Waals surface area contributed by atoms with E-state index in [1.54, 1.807) is 0 Å². The van der Waals surface area contributed by atoms with Gasteiger partial charge in [0.2, 0.25) is 0 Å². The number of aryl methyl sites for hydroxylation is 2. The van der Waals surface area contributed by atoms with Crippen LogP contribution in [0.5, 0.6) is 5.75 Å². The van der Waals surface area contributed by atoms with Crippen molar-refractivity contribution in [2.24, 2.45) is 0 Å². The Morgan fingerprint density at radius 3 is 1.79 bits per heavy atom. The van der Waals surface area contributed by atoms with Crippen LogP contribution in [0.3, 0.4) is 0 Å². The summed E-state index contributed by atoms with van der Waals surface area (Å²) in [7, 11) is 0. The zero-order valence-electron chi connectivity index (χ0n) is 16.8. The number of ether oxygens (including phenoxy) is 1.